The van der Waals surface area contributed by atoms with E-state index in [0.29, 0.717) is 31.7 Å². The number of carbonyl (C=O) groups excluding carboxylic acids is 2. The molecule has 0 aliphatic carbocycles. The van der Waals surface area contributed by atoms with Crippen molar-refractivity contribution in [2.24, 2.45) is 0 Å². The molecule has 0 N–H and O–H groups in total. The second-order valence-corrected chi connectivity index (χ2v) is 9.21. The Labute approximate surface area is 179 Å². The first-order valence-electron chi connectivity index (χ1n) is 9.71. The van der Waals surface area contributed by atoms with E-state index < -0.39 is 0 Å². The molecular weight excluding hydrogens is 406 g/mol. The fraction of sp³-hybridized carbons (Fsp3) is 0.364. The van der Waals surface area contributed by atoms with Gasteiger partial charge < -0.3 is 14.4 Å². The maximum atomic E-state index is 12.3. The molecule has 0 saturated carbocycles. The van der Waals surface area contributed by atoms with Gasteiger partial charge in [-0.15, -0.1) is 0 Å². The molecule has 5 nitrogen and oxygen atoms in total. The molecule has 0 aromatic heterocycles. The maximum Gasteiger partial charge on any atom is 0.306 e. The second kappa shape index (κ2) is 11.2. The Morgan fingerprint density at radius 2 is 1.83 bits per heavy atom. The summed E-state index contributed by atoms with van der Waals surface area (Å²) >= 11 is 0. The lowest BCUT2D eigenvalue weighted by molar-refractivity contribution is -0.142. The van der Waals surface area contributed by atoms with E-state index in [9.17, 15) is 9.59 Å². The average molecular weight is 432 g/mol. The highest BCUT2D eigenvalue weighted by Gasteiger charge is 2.31. The molecule has 1 aliphatic heterocycles. The molecule has 0 radical (unpaired) electrons. The van der Waals surface area contributed by atoms with E-state index in [1.54, 1.807) is 21.6 Å². The van der Waals surface area contributed by atoms with Crippen molar-refractivity contribution in [3.8, 4) is 11.5 Å². The van der Waals surface area contributed by atoms with E-state index in [-0.39, 0.29) is 17.3 Å². The summed E-state index contributed by atoms with van der Waals surface area (Å²) in [5.74, 6) is 2.27. The molecule has 1 saturated heterocycles. The number of para-hydroxylation sites is 1. The number of esters is 1. The van der Waals surface area contributed by atoms with Crippen LogP contribution in [-0.4, -0.2) is 34.5 Å². The summed E-state index contributed by atoms with van der Waals surface area (Å²) in [4.78, 5) is 25.7. The van der Waals surface area contributed by atoms with Crippen molar-refractivity contribution in [1.82, 2.24) is 4.90 Å². The molecule has 3 rings (SSSR count). The standard InChI is InChI=1S/C22H25NO4S2/c1-2-26-22(25)14-15-28-29-21-13-12-20(24)23(21)16-17-8-10-19(11-9-17)27-18-6-4-3-5-7-18/h3-11,21H,2,12-16H2,1H3. The molecule has 2 aromatic rings. The first-order valence-corrected chi connectivity index (χ1v) is 12.1. The summed E-state index contributed by atoms with van der Waals surface area (Å²) in [6.45, 7) is 2.80. The largest absolute Gasteiger partial charge is 0.466 e. The van der Waals surface area contributed by atoms with Crippen molar-refractivity contribution in [3.05, 3.63) is 60.2 Å². The minimum atomic E-state index is -0.169. The predicted octanol–water partition coefficient (Wildman–Crippen LogP) is 5.26. The van der Waals surface area contributed by atoms with Gasteiger partial charge in [-0.05, 0) is 43.2 Å². The molecule has 7 heteroatoms. The van der Waals surface area contributed by atoms with Gasteiger partial charge in [0.2, 0.25) is 5.91 Å². The Balaban J connectivity index is 1.49. The Kier molecular flexibility index (Phi) is 8.31. The number of hydrogen-bond acceptors (Lipinski definition) is 6. The normalized spacial score (nSPS) is 16.1. The Morgan fingerprint density at radius 3 is 2.55 bits per heavy atom. The molecule has 1 fully saturated rings. The van der Waals surface area contributed by atoms with Crippen molar-refractivity contribution < 1.29 is 19.1 Å². The van der Waals surface area contributed by atoms with E-state index in [4.69, 9.17) is 9.47 Å². The molecule has 1 amide bonds. The minimum absolute atomic E-state index is 0.134. The van der Waals surface area contributed by atoms with Gasteiger partial charge in [0.05, 0.1) is 18.4 Å². The monoisotopic (exact) mass is 431 g/mol. The van der Waals surface area contributed by atoms with Gasteiger partial charge in [0, 0.05) is 18.7 Å². The lowest BCUT2D eigenvalue weighted by Gasteiger charge is -2.24. The molecule has 1 heterocycles. The van der Waals surface area contributed by atoms with Crippen LogP contribution in [0, 0.1) is 0 Å². The third kappa shape index (κ3) is 6.72. The Bertz CT molecular complexity index is 798. The number of carbonyl (C=O) groups is 2. The van der Waals surface area contributed by atoms with Crippen LogP contribution < -0.4 is 4.74 Å². The number of rotatable bonds is 10. The average Bonchev–Trinajstić information content (AvgIpc) is 3.07. The highest BCUT2D eigenvalue weighted by Crippen LogP contribution is 2.37. The molecule has 1 unspecified atom stereocenters. The second-order valence-electron chi connectivity index (χ2n) is 6.55. The topological polar surface area (TPSA) is 55.8 Å². The van der Waals surface area contributed by atoms with Gasteiger partial charge in [-0.3, -0.25) is 9.59 Å². The minimum Gasteiger partial charge on any atom is -0.466 e. The smallest absolute Gasteiger partial charge is 0.306 e. The quantitative estimate of drug-likeness (QED) is 0.290. The van der Waals surface area contributed by atoms with Crippen LogP contribution in [0.15, 0.2) is 54.6 Å². The summed E-state index contributed by atoms with van der Waals surface area (Å²) in [5, 5.41) is 0.134. The van der Waals surface area contributed by atoms with Gasteiger partial charge in [0.15, 0.2) is 0 Å². The van der Waals surface area contributed by atoms with Crippen molar-refractivity contribution in [2.75, 3.05) is 12.4 Å². The molecule has 1 atom stereocenters. The summed E-state index contributed by atoms with van der Waals surface area (Å²) in [6, 6.07) is 17.5. The first-order chi connectivity index (χ1) is 14.2. The van der Waals surface area contributed by atoms with Crippen LogP contribution in [0.1, 0.15) is 31.7 Å². The lowest BCUT2D eigenvalue weighted by atomic mass is 10.2. The van der Waals surface area contributed by atoms with Crippen LogP contribution in [-0.2, 0) is 20.9 Å². The summed E-state index contributed by atoms with van der Waals surface area (Å²) < 4.78 is 10.8. The molecule has 2 aromatic carbocycles. The Hall–Kier alpha value is -2.12. The van der Waals surface area contributed by atoms with Gasteiger partial charge in [-0.2, -0.15) is 0 Å². The highest BCUT2D eigenvalue weighted by atomic mass is 33.1. The first kappa shape index (κ1) is 21.6. The molecule has 1 aliphatic rings. The number of likely N-dealkylation sites (tertiary alicyclic amines) is 1. The van der Waals surface area contributed by atoms with E-state index in [0.717, 1.165) is 23.5 Å². The van der Waals surface area contributed by atoms with E-state index >= 15 is 0 Å². The van der Waals surface area contributed by atoms with E-state index in [1.807, 2.05) is 66.4 Å². The van der Waals surface area contributed by atoms with Gasteiger partial charge in [-0.25, -0.2) is 0 Å². The number of benzene rings is 2. The third-order valence-corrected chi connectivity index (χ3v) is 7.20. The van der Waals surface area contributed by atoms with Crippen LogP contribution in [0.2, 0.25) is 0 Å². The number of amides is 1. The number of ether oxygens (including phenoxy) is 2. The molecule has 0 spiro atoms. The van der Waals surface area contributed by atoms with Crippen LogP contribution in [0.4, 0.5) is 0 Å². The van der Waals surface area contributed by atoms with Crippen LogP contribution in [0.25, 0.3) is 0 Å². The summed E-state index contributed by atoms with van der Waals surface area (Å²) in [5.41, 5.74) is 1.07. The third-order valence-electron chi connectivity index (χ3n) is 4.40. The number of hydrogen-bond donors (Lipinski definition) is 0. The predicted molar refractivity (Wildman–Crippen MR) is 118 cm³/mol. The van der Waals surface area contributed by atoms with Crippen LogP contribution >= 0.6 is 21.6 Å². The van der Waals surface area contributed by atoms with E-state index in [2.05, 4.69) is 0 Å². The van der Waals surface area contributed by atoms with Gasteiger partial charge in [-0.1, -0.05) is 51.9 Å². The fourth-order valence-corrected chi connectivity index (χ4v) is 5.59. The van der Waals surface area contributed by atoms with Crippen LogP contribution in [0.3, 0.4) is 0 Å². The van der Waals surface area contributed by atoms with E-state index in [1.165, 1.54) is 0 Å². The molecular formula is C22H25NO4S2. The highest BCUT2D eigenvalue weighted by molar-refractivity contribution is 8.76. The molecule has 29 heavy (non-hydrogen) atoms. The van der Waals surface area contributed by atoms with Gasteiger partial charge >= 0.3 is 5.97 Å². The summed E-state index contributed by atoms with van der Waals surface area (Å²) in [6.07, 6.45) is 1.81. The van der Waals surface area contributed by atoms with Gasteiger partial charge in [0.1, 0.15) is 11.5 Å². The van der Waals surface area contributed by atoms with Crippen LogP contribution in [0.5, 0.6) is 11.5 Å². The van der Waals surface area contributed by atoms with Crippen molar-refractivity contribution in [2.45, 2.75) is 38.1 Å². The van der Waals surface area contributed by atoms with Gasteiger partial charge in [0.25, 0.3) is 0 Å². The van der Waals surface area contributed by atoms with Crippen molar-refractivity contribution in [3.63, 3.8) is 0 Å². The summed E-state index contributed by atoms with van der Waals surface area (Å²) in [7, 11) is 3.30. The lowest BCUT2D eigenvalue weighted by Crippen LogP contribution is -2.29. The fourth-order valence-electron chi connectivity index (χ4n) is 2.97. The zero-order chi connectivity index (χ0) is 20.5. The number of nitrogens with zero attached hydrogens (tertiary/aromatic N) is 1. The maximum absolute atomic E-state index is 12.3. The SMILES string of the molecule is CCOC(=O)CCSSC1CCC(=O)N1Cc1ccc(Oc2ccccc2)cc1. The molecule has 154 valence electrons. The Morgan fingerprint density at radius 1 is 1.10 bits per heavy atom. The van der Waals surface area contributed by atoms with Crippen molar-refractivity contribution >= 4 is 33.5 Å². The molecule has 0 bridgehead atoms. The van der Waals surface area contributed by atoms with Crippen molar-refractivity contribution in [1.29, 1.82) is 0 Å². The zero-order valence-electron chi connectivity index (χ0n) is 16.4. The zero-order valence-corrected chi connectivity index (χ0v) is 18.0.